The molecule has 0 aliphatic carbocycles. The number of benzene rings is 1. The Balaban J connectivity index is 2.02. The summed E-state index contributed by atoms with van der Waals surface area (Å²) in [4.78, 5) is 11.6. The average Bonchev–Trinajstić information content (AvgIpc) is 2.48. The fraction of sp³-hybridized carbons (Fsp3) is 0.588. The quantitative estimate of drug-likeness (QED) is 0.613. The number of urea groups is 1. The second-order valence-electron chi connectivity index (χ2n) is 6.20. The summed E-state index contributed by atoms with van der Waals surface area (Å²) in [6.07, 6.45) is 3.77. The van der Waals surface area contributed by atoms with E-state index in [0.29, 0.717) is 13.1 Å². The molecule has 0 atom stereocenters. The van der Waals surface area contributed by atoms with Crippen molar-refractivity contribution in [3.05, 3.63) is 35.9 Å². The topological polar surface area (TPSA) is 61.4 Å². The molecule has 118 valence electrons. The Hall–Kier alpha value is -1.55. The van der Waals surface area contributed by atoms with Crippen LogP contribution in [0.25, 0.3) is 0 Å². The predicted molar refractivity (Wildman–Crippen MR) is 86.3 cm³/mol. The van der Waals surface area contributed by atoms with Gasteiger partial charge in [-0.05, 0) is 30.2 Å². The Morgan fingerprint density at radius 1 is 1.10 bits per heavy atom. The average molecular weight is 292 g/mol. The van der Waals surface area contributed by atoms with E-state index in [4.69, 9.17) is 5.11 Å². The van der Waals surface area contributed by atoms with E-state index in [1.165, 1.54) is 5.56 Å². The minimum absolute atomic E-state index is 0.0159. The molecule has 0 spiro atoms. The smallest absolute Gasteiger partial charge is 0.314 e. The van der Waals surface area contributed by atoms with Crippen LogP contribution in [0.5, 0.6) is 0 Å². The van der Waals surface area contributed by atoms with Crippen LogP contribution in [0.4, 0.5) is 4.79 Å². The second kappa shape index (κ2) is 9.40. The molecule has 0 aliphatic rings. The van der Waals surface area contributed by atoms with Crippen molar-refractivity contribution in [1.82, 2.24) is 10.6 Å². The highest BCUT2D eigenvalue weighted by molar-refractivity contribution is 5.73. The van der Waals surface area contributed by atoms with E-state index in [0.717, 1.165) is 25.7 Å². The lowest BCUT2D eigenvalue weighted by Gasteiger charge is -2.21. The molecule has 4 nitrogen and oxygen atoms in total. The molecule has 0 bridgehead atoms. The molecular weight excluding hydrogens is 264 g/mol. The summed E-state index contributed by atoms with van der Waals surface area (Å²) in [6.45, 7) is 5.64. The van der Waals surface area contributed by atoms with Crippen molar-refractivity contribution in [3.8, 4) is 0 Å². The van der Waals surface area contributed by atoms with Gasteiger partial charge in [0.1, 0.15) is 0 Å². The van der Waals surface area contributed by atoms with E-state index in [2.05, 4.69) is 36.6 Å². The van der Waals surface area contributed by atoms with Crippen molar-refractivity contribution in [1.29, 1.82) is 0 Å². The van der Waals surface area contributed by atoms with Crippen LogP contribution in [0.15, 0.2) is 30.3 Å². The van der Waals surface area contributed by atoms with Crippen LogP contribution in [0.1, 0.15) is 38.7 Å². The fourth-order valence-corrected chi connectivity index (χ4v) is 2.04. The number of amides is 2. The van der Waals surface area contributed by atoms with Gasteiger partial charge in [0.15, 0.2) is 0 Å². The molecule has 0 fully saturated rings. The minimum atomic E-state index is -0.104. The van der Waals surface area contributed by atoms with Crippen LogP contribution in [-0.4, -0.2) is 30.8 Å². The molecular formula is C17H28N2O2. The number of aliphatic hydroxyl groups excluding tert-OH is 1. The van der Waals surface area contributed by atoms with Gasteiger partial charge in [-0.1, -0.05) is 50.6 Å². The summed E-state index contributed by atoms with van der Waals surface area (Å²) in [6, 6.07) is 10.0. The van der Waals surface area contributed by atoms with Gasteiger partial charge in [-0.25, -0.2) is 4.79 Å². The van der Waals surface area contributed by atoms with Gasteiger partial charge >= 0.3 is 6.03 Å². The highest BCUT2D eigenvalue weighted by atomic mass is 16.3. The minimum Gasteiger partial charge on any atom is -0.396 e. The lowest BCUT2D eigenvalue weighted by atomic mass is 9.88. The van der Waals surface area contributed by atoms with E-state index >= 15 is 0 Å². The van der Waals surface area contributed by atoms with Crippen molar-refractivity contribution in [2.75, 3.05) is 19.7 Å². The Morgan fingerprint density at radius 2 is 1.76 bits per heavy atom. The zero-order valence-corrected chi connectivity index (χ0v) is 13.2. The normalized spacial score (nSPS) is 11.2. The van der Waals surface area contributed by atoms with Crippen LogP contribution in [0.3, 0.4) is 0 Å². The van der Waals surface area contributed by atoms with Crippen LogP contribution in [-0.2, 0) is 6.42 Å². The maximum absolute atomic E-state index is 11.6. The van der Waals surface area contributed by atoms with Crippen LogP contribution in [0.2, 0.25) is 0 Å². The number of aliphatic hydroxyl groups is 1. The Morgan fingerprint density at radius 3 is 2.43 bits per heavy atom. The van der Waals surface area contributed by atoms with Gasteiger partial charge in [0.25, 0.3) is 0 Å². The summed E-state index contributed by atoms with van der Waals surface area (Å²) in [5.74, 6) is 0. The lowest BCUT2D eigenvalue weighted by Crippen LogP contribution is -2.37. The third kappa shape index (κ3) is 8.35. The van der Waals surface area contributed by atoms with E-state index < -0.39 is 0 Å². The van der Waals surface area contributed by atoms with Crippen molar-refractivity contribution in [2.24, 2.45) is 5.41 Å². The third-order valence-electron chi connectivity index (χ3n) is 3.54. The maximum atomic E-state index is 11.6. The van der Waals surface area contributed by atoms with Gasteiger partial charge in [0.2, 0.25) is 0 Å². The third-order valence-corrected chi connectivity index (χ3v) is 3.54. The first-order valence-corrected chi connectivity index (χ1v) is 7.70. The predicted octanol–water partition coefficient (Wildman–Crippen LogP) is 2.72. The molecule has 0 saturated heterocycles. The molecule has 0 heterocycles. The van der Waals surface area contributed by atoms with Gasteiger partial charge in [-0.3, -0.25) is 0 Å². The number of rotatable bonds is 9. The van der Waals surface area contributed by atoms with Gasteiger partial charge < -0.3 is 15.7 Å². The molecule has 0 unspecified atom stereocenters. The number of hydrogen-bond donors (Lipinski definition) is 3. The number of carbonyl (C=O) groups excluding carboxylic acids is 1. The molecule has 0 saturated carbocycles. The van der Waals surface area contributed by atoms with E-state index in [-0.39, 0.29) is 18.1 Å². The molecule has 2 amide bonds. The zero-order valence-electron chi connectivity index (χ0n) is 13.2. The molecule has 1 rings (SSSR count). The van der Waals surface area contributed by atoms with Crippen molar-refractivity contribution in [2.45, 2.75) is 39.5 Å². The van der Waals surface area contributed by atoms with Crippen LogP contribution < -0.4 is 10.6 Å². The molecule has 0 radical (unpaired) electrons. The summed E-state index contributed by atoms with van der Waals surface area (Å²) < 4.78 is 0. The van der Waals surface area contributed by atoms with E-state index in [1.807, 2.05) is 18.2 Å². The molecule has 1 aromatic rings. The molecule has 0 aromatic heterocycles. The molecule has 21 heavy (non-hydrogen) atoms. The monoisotopic (exact) mass is 292 g/mol. The van der Waals surface area contributed by atoms with Gasteiger partial charge in [0, 0.05) is 19.7 Å². The van der Waals surface area contributed by atoms with E-state index in [1.54, 1.807) is 0 Å². The largest absolute Gasteiger partial charge is 0.396 e. The van der Waals surface area contributed by atoms with Gasteiger partial charge in [-0.2, -0.15) is 0 Å². The zero-order chi connectivity index (χ0) is 15.6. The highest BCUT2D eigenvalue weighted by Gasteiger charge is 2.15. The summed E-state index contributed by atoms with van der Waals surface area (Å²) in [5, 5.41) is 14.9. The molecule has 0 aliphatic heterocycles. The first-order chi connectivity index (χ1) is 10.0. The fourth-order valence-electron chi connectivity index (χ4n) is 2.04. The van der Waals surface area contributed by atoms with Crippen LogP contribution in [0, 0.1) is 5.41 Å². The summed E-state index contributed by atoms with van der Waals surface area (Å²) in [5.41, 5.74) is 1.21. The number of carbonyl (C=O) groups is 1. The van der Waals surface area contributed by atoms with Gasteiger partial charge in [-0.15, -0.1) is 0 Å². The Bertz CT molecular complexity index is 405. The standard InChI is InChI=1S/C17H28N2O2/c1-17(2,14-20)11-6-7-12-18-16(21)19-13-10-15-8-4-3-5-9-15/h3-5,8-9,20H,6-7,10-14H2,1-2H3,(H2,18,19,21). The van der Waals surface area contributed by atoms with Crippen molar-refractivity contribution in [3.63, 3.8) is 0 Å². The molecule has 1 aromatic carbocycles. The second-order valence-corrected chi connectivity index (χ2v) is 6.20. The number of unbranched alkanes of at least 4 members (excludes halogenated alkanes) is 1. The first-order valence-electron chi connectivity index (χ1n) is 7.70. The maximum Gasteiger partial charge on any atom is 0.314 e. The first kappa shape index (κ1) is 17.5. The molecule has 4 heteroatoms. The molecule has 3 N–H and O–H groups in total. The number of nitrogens with one attached hydrogen (secondary N) is 2. The van der Waals surface area contributed by atoms with E-state index in [9.17, 15) is 4.79 Å². The summed E-state index contributed by atoms with van der Waals surface area (Å²) >= 11 is 0. The highest BCUT2D eigenvalue weighted by Crippen LogP contribution is 2.21. The summed E-state index contributed by atoms with van der Waals surface area (Å²) in [7, 11) is 0. The number of hydrogen-bond acceptors (Lipinski definition) is 2. The van der Waals surface area contributed by atoms with Gasteiger partial charge in [0.05, 0.1) is 0 Å². The van der Waals surface area contributed by atoms with Crippen LogP contribution >= 0.6 is 0 Å². The Labute approximate surface area is 128 Å². The SMILES string of the molecule is CC(C)(CO)CCCCNC(=O)NCCc1ccccc1. The van der Waals surface area contributed by atoms with Crippen molar-refractivity contribution < 1.29 is 9.90 Å². The Kier molecular flexibility index (Phi) is 7.83. The van der Waals surface area contributed by atoms with Crippen molar-refractivity contribution >= 4 is 6.03 Å². The lowest BCUT2D eigenvalue weighted by molar-refractivity contribution is 0.147.